The van der Waals surface area contributed by atoms with Gasteiger partial charge in [-0.2, -0.15) is 0 Å². The normalized spacial score (nSPS) is 14.1. The van der Waals surface area contributed by atoms with Gasteiger partial charge < -0.3 is 5.11 Å². The summed E-state index contributed by atoms with van der Waals surface area (Å²) in [7, 11) is 0. The average Bonchev–Trinajstić information content (AvgIpc) is 2.29. The fourth-order valence-corrected chi connectivity index (χ4v) is 3.03. The van der Waals surface area contributed by atoms with Crippen molar-refractivity contribution >= 4 is 31.9 Å². The summed E-state index contributed by atoms with van der Waals surface area (Å²) < 4.78 is 15.1. The fraction of sp³-hybridized carbons (Fsp3) is 0.250. The molecule has 1 nitrogen and oxygen atoms in total. The van der Waals surface area contributed by atoms with Crippen LogP contribution in [0.5, 0.6) is 0 Å². The van der Waals surface area contributed by atoms with Crippen LogP contribution < -0.4 is 0 Å². The summed E-state index contributed by atoms with van der Waals surface area (Å²) in [5.41, 5.74) is 0.911. The minimum Gasteiger partial charge on any atom is -0.389 e. The third-order valence-corrected chi connectivity index (χ3v) is 3.99. The van der Waals surface area contributed by atoms with Gasteiger partial charge in [-0.1, -0.05) is 44.0 Å². The van der Waals surface area contributed by atoms with E-state index in [-0.39, 0.29) is 5.82 Å². The first-order valence-electron chi connectivity index (χ1n) is 6.26. The molecule has 0 spiro atoms. The molecule has 0 aromatic heterocycles. The van der Waals surface area contributed by atoms with Gasteiger partial charge in [0.1, 0.15) is 5.82 Å². The van der Waals surface area contributed by atoms with Crippen molar-refractivity contribution in [3.05, 3.63) is 68.4 Å². The molecule has 2 rings (SSSR count). The number of hydrogen-bond acceptors (Lipinski definition) is 1. The van der Waals surface area contributed by atoms with Gasteiger partial charge in [-0.15, -0.1) is 0 Å². The van der Waals surface area contributed by atoms with Crippen molar-refractivity contribution in [2.24, 2.45) is 0 Å². The lowest BCUT2D eigenvalue weighted by molar-refractivity contribution is 0.0607. The summed E-state index contributed by atoms with van der Waals surface area (Å²) in [5.74, 6) is -0.297. The van der Waals surface area contributed by atoms with Crippen molar-refractivity contribution in [1.82, 2.24) is 0 Å². The molecule has 0 fully saturated rings. The standard InChI is InChI=1S/C16H15Br2FO/c1-16(20,9-11-2-4-13(17)5-3-11)10-12-6-14(18)8-15(19)7-12/h2-8,20H,9-10H2,1H3. The van der Waals surface area contributed by atoms with Gasteiger partial charge in [-0.3, -0.25) is 0 Å². The molecule has 1 unspecified atom stereocenters. The maximum Gasteiger partial charge on any atom is 0.124 e. The molecule has 2 aromatic carbocycles. The maximum absolute atomic E-state index is 13.4. The van der Waals surface area contributed by atoms with Crippen LogP contribution >= 0.6 is 31.9 Å². The van der Waals surface area contributed by atoms with Crippen LogP contribution in [0.3, 0.4) is 0 Å². The van der Waals surface area contributed by atoms with E-state index >= 15 is 0 Å². The van der Waals surface area contributed by atoms with E-state index in [1.54, 1.807) is 6.92 Å². The molecule has 0 saturated carbocycles. The van der Waals surface area contributed by atoms with Crippen molar-refractivity contribution < 1.29 is 9.50 Å². The van der Waals surface area contributed by atoms with Gasteiger partial charge in [-0.25, -0.2) is 4.39 Å². The topological polar surface area (TPSA) is 20.2 Å². The summed E-state index contributed by atoms with van der Waals surface area (Å²) in [6.07, 6.45) is 0.924. The van der Waals surface area contributed by atoms with E-state index in [2.05, 4.69) is 31.9 Å². The Kier molecular flexibility index (Phi) is 4.99. The molecule has 0 aliphatic heterocycles. The summed E-state index contributed by atoms with van der Waals surface area (Å²) in [5, 5.41) is 10.5. The highest BCUT2D eigenvalue weighted by Gasteiger charge is 2.22. The lowest BCUT2D eigenvalue weighted by Crippen LogP contribution is -2.30. The highest BCUT2D eigenvalue weighted by atomic mass is 79.9. The molecule has 0 heterocycles. The number of aliphatic hydroxyl groups is 1. The lowest BCUT2D eigenvalue weighted by atomic mass is 9.90. The van der Waals surface area contributed by atoms with Crippen LogP contribution in [0.15, 0.2) is 51.4 Å². The minimum atomic E-state index is -0.916. The molecule has 0 aliphatic rings. The SMILES string of the molecule is CC(O)(Cc1ccc(Br)cc1)Cc1cc(F)cc(Br)c1. The molecule has 20 heavy (non-hydrogen) atoms. The Bertz CT molecular complexity index is 574. The number of halogens is 3. The monoisotopic (exact) mass is 400 g/mol. The van der Waals surface area contributed by atoms with Crippen LogP contribution in [0.1, 0.15) is 18.1 Å². The highest BCUT2D eigenvalue weighted by Crippen LogP contribution is 2.23. The Labute approximate surface area is 135 Å². The molecule has 1 atom stereocenters. The van der Waals surface area contributed by atoms with E-state index in [0.717, 1.165) is 15.6 Å². The molecule has 106 valence electrons. The van der Waals surface area contributed by atoms with Crippen LogP contribution in [0.4, 0.5) is 4.39 Å². The van der Waals surface area contributed by atoms with Crippen molar-refractivity contribution in [3.63, 3.8) is 0 Å². The van der Waals surface area contributed by atoms with E-state index in [4.69, 9.17) is 0 Å². The predicted molar refractivity (Wildman–Crippen MR) is 86.3 cm³/mol. The van der Waals surface area contributed by atoms with Crippen LogP contribution in [-0.2, 0) is 12.8 Å². The van der Waals surface area contributed by atoms with Crippen LogP contribution in [0.25, 0.3) is 0 Å². The van der Waals surface area contributed by atoms with Crippen molar-refractivity contribution in [2.45, 2.75) is 25.4 Å². The smallest absolute Gasteiger partial charge is 0.124 e. The Morgan fingerprint density at radius 1 is 0.950 bits per heavy atom. The number of benzene rings is 2. The van der Waals surface area contributed by atoms with E-state index in [1.807, 2.05) is 30.3 Å². The third-order valence-electron chi connectivity index (χ3n) is 3.01. The molecule has 0 radical (unpaired) electrons. The summed E-state index contributed by atoms with van der Waals surface area (Å²) >= 11 is 6.65. The van der Waals surface area contributed by atoms with Crippen molar-refractivity contribution in [1.29, 1.82) is 0 Å². The van der Waals surface area contributed by atoms with Crippen molar-refractivity contribution in [3.8, 4) is 0 Å². The molecule has 4 heteroatoms. The molecule has 0 saturated heterocycles. The summed E-state index contributed by atoms with van der Waals surface area (Å²) in [4.78, 5) is 0. The molecule has 0 amide bonds. The molecular weight excluding hydrogens is 387 g/mol. The first-order valence-corrected chi connectivity index (χ1v) is 7.84. The Morgan fingerprint density at radius 2 is 1.55 bits per heavy atom. The van der Waals surface area contributed by atoms with Gasteiger partial charge in [0.15, 0.2) is 0 Å². The fourth-order valence-electron chi connectivity index (χ4n) is 2.26. The minimum absolute atomic E-state index is 0.297. The number of rotatable bonds is 4. The van der Waals surface area contributed by atoms with Crippen LogP contribution in [0, 0.1) is 5.82 Å². The van der Waals surface area contributed by atoms with Crippen LogP contribution in [0.2, 0.25) is 0 Å². The summed E-state index contributed by atoms with van der Waals surface area (Å²) in [6, 6.07) is 12.5. The van der Waals surface area contributed by atoms with E-state index in [0.29, 0.717) is 17.3 Å². The third kappa shape index (κ3) is 4.69. The quantitative estimate of drug-likeness (QED) is 0.773. The zero-order valence-corrected chi connectivity index (χ0v) is 14.2. The zero-order chi connectivity index (χ0) is 14.8. The van der Waals surface area contributed by atoms with Gasteiger partial charge >= 0.3 is 0 Å². The van der Waals surface area contributed by atoms with Gasteiger partial charge in [0, 0.05) is 21.8 Å². The first kappa shape index (κ1) is 15.7. The van der Waals surface area contributed by atoms with Gasteiger partial charge in [0.05, 0.1) is 5.60 Å². The van der Waals surface area contributed by atoms with E-state index in [1.165, 1.54) is 12.1 Å². The molecule has 1 N–H and O–H groups in total. The maximum atomic E-state index is 13.4. The molecule has 0 bridgehead atoms. The van der Waals surface area contributed by atoms with Gasteiger partial charge in [-0.05, 0) is 48.4 Å². The predicted octanol–water partition coefficient (Wildman–Crippen LogP) is 4.89. The molecule has 2 aromatic rings. The van der Waals surface area contributed by atoms with Gasteiger partial charge in [0.2, 0.25) is 0 Å². The second-order valence-electron chi connectivity index (χ2n) is 5.25. The highest BCUT2D eigenvalue weighted by molar-refractivity contribution is 9.10. The largest absolute Gasteiger partial charge is 0.389 e. The van der Waals surface area contributed by atoms with Crippen molar-refractivity contribution in [2.75, 3.05) is 0 Å². The first-order chi connectivity index (χ1) is 9.34. The Hall–Kier alpha value is -0.710. The second kappa shape index (κ2) is 6.37. The Balaban J connectivity index is 2.12. The number of hydrogen-bond donors (Lipinski definition) is 1. The zero-order valence-electron chi connectivity index (χ0n) is 11.0. The average molecular weight is 402 g/mol. The molecular formula is C16H15Br2FO. The molecule has 0 aliphatic carbocycles. The lowest BCUT2D eigenvalue weighted by Gasteiger charge is -2.23. The van der Waals surface area contributed by atoms with E-state index in [9.17, 15) is 9.50 Å². The Morgan fingerprint density at radius 3 is 2.15 bits per heavy atom. The van der Waals surface area contributed by atoms with E-state index < -0.39 is 5.60 Å². The van der Waals surface area contributed by atoms with Crippen LogP contribution in [-0.4, -0.2) is 10.7 Å². The van der Waals surface area contributed by atoms with Gasteiger partial charge in [0.25, 0.3) is 0 Å². The second-order valence-corrected chi connectivity index (χ2v) is 7.09. The summed E-state index contributed by atoms with van der Waals surface area (Å²) in [6.45, 7) is 1.77.